The van der Waals surface area contributed by atoms with Gasteiger partial charge < -0.3 is 31.3 Å². The third-order valence-electron chi connectivity index (χ3n) is 19.0. The average Bonchev–Trinajstić information content (AvgIpc) is 1.79. The summed E-state index contributed by atoms with van der Waals surface area (Å²) in [6, 6.07) is 15.1. The van der Waals surface area contributed by atoms with Crippen LogP contribution in [0, 0.1) is 27.7 Å². The predicted octanol–water partition coefficient (Wildman–Crippen LogP) is 17.6. The number of aromatic nitrogens is 16. The quantitative estimate of drug-likeness (QED) is 0.0303. The van der Waals surface area contributed by atoms with E-state index in [1.807, 2.05) is 76.5 Å². The first-order valence-electron chi connectivity index (χ1n) is 35.9. The zero-order valence-corrected chi connectivity index (χ0v) is 63.1. The molecule has 0 amide bonds. The molecule has 15 rings (SSSR count). The molecule has 7 aliphatic carbocycles. The van der Waals surface area contributed by atoms with E-state index in [2.05, 4.69) is 131 Å². The van der Waals surface area contributed by atoms with E-state index in [0.717, 1.165) is 76.3 Å². The van der Waals surface area contributed by atoms with Gasteiger partial charge in [0.1, 0.15) is 32.5 Å². The molecule has 0 atom stereocenters. The largest absolute Gasteiger partial charge is 0.483 e. The molecule has 5 fully saturated rings. The number of H-pyrrole nitrogens is 1. The van der Waals surface area contributed by atoms with Gasteiger partial charge in [-0.2, -0.15) is 35.3 Å². The highest BCUT2D eigenvalue weighted by molar-refractivity contribution is 9.10. The van der Waals surface area contributed by atoms with Crippen LogP contribution >= 0.6 is 43.5 Å². The molecule has 22 nitrogen and oxygen atoms in total. The van der Waals surface area contributed by atoms with Crippen LogP contribution in [0.15, 0.2) is 100 Å². The van der Waals surface area contributed by atoms with E-state index < -0.39 is 30.8 Å². The van der Waals surface area contributed by atoms with Crippen molar-refractivity contribution in [1.29, 1.82) is 0 Å². The van der Waals surface area contributed by atoms with Crippen LogP contribution in [0.25, 0.3) is 23.4 Å². The van der Waals surface area contributed by atoms with Gasteiger partial charge >= 0.3 is 7.12 Å². The molecule has 0 aromatic carbocycles. The Hall–Kier alpha value is -7.49. The Morgan fingerprint density at radius 1 is 0.476 bits per heavy atom. The maximum absolute atomic E-state index is 13.3. The number of nitrogens with zero attached hydrogens (tertiary/aromatic N) is 15. The number of alkyl halides is 8. The molecule has 5 saturated carbocycles. The molecular formula is C71H90BBr2ClF8N20O2. The lowest BCUT2D eigenvalue weighted by Gasteiger charge is -2.29. The Labute approximate surface area is 627 Å². The van der Waals surface area contributed by atoms with Crippen molar-refractivity contribution in [3.63, 3.8) is 0 Å². The van der Waals surface area contributed by atoms with Crippen molar-refractivity contribution in [2.45, 2.75) is 248 Å². The van der Waals surface area contributed by atoms with Gasteiger partial charge in [0, 0.05) is 153 Å². The van der Waals surface area contributed by atoms with Gasteiger partial charge in [-0.05, 0) is 209 Å². The fourth-order valence-corrected chi connectivity index (χ4v) is 14.1. The normalized spacial score (nSPS) is 19.3. The summed E-state index contributed by atoms with van der Waals surface area (Å²) in [6.45, 7) is 7.49. The van der Waals surface area contributed by atoms with Crippen molar-refractivity contribution in [2.75, 3.05) is 21.3 Å². The molecule has 0 spiro atoms. The predicted molar refractivity (Wildman–Crippen MR) is 396 cm³/mol. The lowest BCUT2D eigenvalue weighted by Crippen LogP contribution is -2.32. The van der Waals surface area contributed by atoms with E-state index in [1.54, 1.807) is 38.6 Å². The first kappa shape index (κ1) is 80.1. The highest BCUT2D eigenvalue weighted by Crippen LogP contribution is 2.39. The minimum absolute atomic E-state index is 0.0196. The second-order valence-electron chi connectivity index (χ2n) is 27.8. The topological polar surface area (TPSA) is 274 Å². The van der Waals surface area contributed by atoms with Crippen LogP contribution in [0.4, 0.5) is 58.4 Å². The Kier molecular flexibility index (Phi) is 28.1. The number of hydrogen-bond donors (Lipinski definition) is 7. The Balaban J connectivity index is 0.000000142. The van der Waals surface area contributed by atoms with Crippen LogP contribution < -0.4 is 21.3 Å². The molecule has 566 valence electrons. The van der Waals surface area contributed by atoms with Crippen molar-refractivity contribution >= 4 is 79.4 Å². The van der Waals surface area contributed by atoms with E-state index in [0.29, 0.717) is 103 Å². The van der Waals surface area contributed by atoms with Crippen LogP contribution in [-0.4, -0.2) is 144 Å². The SMILES string of the molecule is Brc1ccn[nH]1.Cc1cc(NC2CCC(F)(F)CC2)nc(-n2ccc(Br)n2)n1.Cc1cc(NC2CCC(F)(F)CC2)nc(-n2ccc(C3=CCCC3)n2)n1.Cc1cc(NC2CCC(F)(F)CC2)nc(-n2ccc(C3CCCC3)n2)n1.Cc1cc(NC2CCC(F)(F)CC2)nc(Cl)n1.OB(O)C1=CCCC1. The summed E-state index contributed by atoms with van der Waals surface area (Å²) < 4.78 is 112. The highest BCUT2D eigenvalue weighted by atomic mass is 79.9. The Bertz CT molecular complexity index is 4100. The van der Waals surface area contributed by atoms with Gasteiger partial charge in [-0.25, -0.2) is 74.1 Å². The summed E-state index contributed by atoms with van der Waals surface area (Å²) in [7, 11) is -1.20. The first-order chi connectivity index (χ1) is 50.0. The van der Waals surface area contributed by atoms with Gasteiger partial charge in [0.2, 0.25) is 29.0 Å². The monoisotopic (exact) mass is 1610 g/mol. The third-order valence-corrected chi connectivity index (χ3v) is 20.1. The molecule has 7 aliphatic rings. The molecule has 0 bridgehead atoms. The molecule has 0 radical (unpaired) electrons. The van der Waals surface area contributed by atoms with Gasteiger partial charge in [-0.3, -0.25) is 5.10 Å². The molecule has 105 heavy (non-hydrogen) atoms. The molecule has 0 unspecified atom stereocenters. The summed E-state index contributed by atoms with van der Waals surface area (Å²) in [4.78, 5) is 34.8. The molecular weight excluding hydrogens is 1520 g/mol. The fraction of sp³-hybridized carbons (Fsp3) is 0.549. The van der Waals surface area contributed by atoms with Gasteiger partial charge in [0.05, 0.1) is 11.4 Å². The van der Waals surface area contributed by atoms with Crippen molar-refractivity contribution in [3.05, 3.63) is 140 Å². The second-order valence-corrected chi connectivity index (χ2v) is 29.8. The van der Waals surface area contributed by atoms with Crippen LogP contribution in [0.1, 0.15) is 207 Å². The molecule has 7 N–H and O–H groups in total. The summed E-state index contributed by atoms with van der Waals surface area (Å²) >= 11 is 12.2. The molecule has 0 aliphatic heterocycles. The lowest BCUT2D eigenvalue weighted by molar-refractivity contribution is -0.0366. The summed E-state index contributed by atoms with van der Waals surface area (Å²) in [5.41, 5.74) is 7.33. The molecule has 8 aromatic rings. The summed E-state index contributed by atoms with van der Waals surface area (Å²) in [5, 5.41) is 50.0. The first-order valence-corrected chi connectivity index (χ1v) is 37.9. The van der Waals surface area contributed by atoms with Gasteiger partial charge in [-0.15, -0.1) is 0 Å². The van der Waals surface area contributed by atoms with E-state index in [9.17, 15) is 35.1 Å². The number of rotatable bonds is 14. The zero-order chi connectivity index (χ0) is 74.9. The second kappa shape index (κ2) is 36.9. The van der Waals surface area contributed by atoms with Crippen molar-refractivity contribution < 1.29 is 45.2 Å². The van der Waals surface area contributed by atoms with Crippen molar-refractivity contribution in [3.8, 4) is 17.8 Å². The summed E-state index contributed by atoms with van der Waals surface area (Å²) in [5.74, 6) is -5.44. The standard InChI is InChI=1S/C19H25F2N5.C19H23F2N5.C14H16BrF2N5.C11H14ClF2N3.C5H9BO2.C3H3BrN2/c2*1-13-12-17(23-15-6-9-19(20,21)10-7-15)24-18(22-13)26-11-8-16(25-26)14-4-2-3-5-14;1-9-8-12(19-10-2-5-14(16,17)6-3-10)20-13(18-9)22-7-4-11(15)21-22;1-7-6-9(17-10(12)15-7)16-8-2-4-11(13,14)5-3-8;7-6(8)5-3-1-2-4-5;4-3-1-2-5-6-3/h8,11-12,14-15H,2-7,9-10H2,1H3,(H,22,23,24);4,8,11-12,15H,2-3,5-7,9-10H2,1H3,(H,22,23,24);4,7-8,10H,2-3,5-6H2,1H3,(H,18,19,20);6,8H,2-5H2,1H3,(H,15,16,17);3,7-8H,1-2,4H2;1-2H,(H,5,6). The number of aromatic amines is 1. The highest BCUT2D eigenvalue weighted by Gasteiger charge is 2.38. The number of allylic oxidation sites excluding steroid dienone is 4. The van der Waals surface area contributed by atoms with E-state index in [-0.39, 0.29) is 80.8 Å². The van der Waals surface area contributed by atoms with Crippen LogP contribution in [0.3, 0.4) is 0 Å². The maximum Gasteiger partial charge on any atom is 0.483 e. The number of hydrogen-bond acceptors (Lipinski definition) is 18. The van der Waals surface area contributed by atoms with E-state index in [1.165, 1.54) is 37.7 Å². The van der Waals surface area contributed by atoms with Crippen LogP contribution in [-0.2, 0) is 0 Å². The minimum Gasteiger partial charge on any atom is -0.423 e. The van der Waals surface area contributed by atoms with Gasteiger partial charge in [0.15, 0.2) is 0 Å². The number of aryl methyl sites for hydroxylation is 4. The fourth-order valence-electron chi connectivity index (χ4n) is 13.3. The summed E-state index contributed by atoms with van der Waals surface area (Å²) in [6.07, 6.45) is 25.6. The van der Waals surface area contributed by atoms with Gasteiger partial charge in [0.25, 0.3) is 17.8 Å². The Morgan fingerprint density at radius 3 is 1.23 bits per heavy atom. The molecule has 0 saturated heterocycles. The maximum atomic E-state index is 13.3. The minimum atomic E-state index is -2.52. The lowest BCUT2D eigenvalue weighted by atomic mass is 9.79. The Morgan fingerprint density at radius 2 is 0.876 bits per heavy atom. The number of halogens is 11. The molecule has 34 heteroatoms. The van der Waals surface area contributed by atoms with Gasteiger partial charge in [-0.1, -0.05) is 25.0 Å². The third kappa shape index (κ3) is 25.6. The van der Waals surface area contributed by atoms with E-state index in [4.69, 9.17) is 21.6 Å². The van der Waals surface area contributed by atoms with E-state index >= 15 is 0 Å². The van der Waals surface area contributed by atoms with Crippen LogP contribution in [0.5, 0.6) is 0 Å². The smallest absolute Gasteiger partial charge is 0.423 e. The van der Waals surface area contributed by atoms with Crippen molar-refractivity contribution in [2.24, 2.45) is 0 Å². The van der Waals surface area contributed by atoms with Crippen molar-refractivity contribution in [1.82, 2.24) is 79.4 Å². The zero-order valence-electron chi connectivity index (χ0n) is 59.2. The number of anilines is 4. The van der Waals surface area contributed by atoms with Crippen LogP contribution in [0.2, 0.25) is 5.28 Å². The molecule has 8 heterocycles. The average molecular weight is 1610 g/mol. The number of nitrogens with one attached hydrogen (secondary N) is 5. The molecule has 8 aromatic heterocycles.